The molecule has 140 valence electrons. The van der Waals surface area contributed by atoms with E-state index in [2.05, 4.69) is 10.4 Å². The zero-order chi connectivity index (χ0) is 19.3. The molecule has 0 unspecified atom stereocenters. The Kier molecular flexibility index (Phi) is 5.01. The van der Waals surface area contributed by atoms with Gasteiger partial charge < -0.3 is 5.32 Å². The maximum Gasteiger partial charge on any atom is 0.255 e. The Labute approximate surface area is 162 Å². The fourth-order valence-corrected chi connectivity index (χ4v) is 3.15. The molecule has 6 heteroatoms. The van der Waals surface area contributed by atoms with E-state index in [0.29, 0.717) is 12.1 Å². The second-order valence-corrected chi connectivity index (χ2v) is 6.50. The van der Waals surface area contributed by atoms with Gasteiger partial charge in [0.2, 0.25) is 0 Å². The molecule has 1 amide bonds. The first-order chi connectivity index (χ1) is 13.7. The van der Waals surface area contributed by atoms with E-state index < -0.39 is 0 Å². The monoisotopic (exact) mass is 372 g/mol. The van der Waals surface area contributed by atoms with Gasteiger partial charge in [0.25, 0.3) is 11.5 Å². The van der Waals surface area contributed by atoms with Gasteiger partial charge in [0.15, 0.2) is 0 Å². The number of para-hydroxylation sites is 2. The van der Waals surface area contributed by atoms with E-state index in [4.69, 9.17) is 0 Å². The third-order valence-electron chi connectivity index (χ3n) is 4.59. The van der Waals surface area contributed by atoms with Crippen molar-refractivity contribution in [1.82, 2.24) is 19.7 Å². The fourth-order valence-electron chi connectivity index (χ4n) is 3.15. The standard InChI is InChI=1S/C22H20N4O2/c27-21-12-11-18(16-25(21)19-8-2-1-3-9-19)22(28)23-13-6-14-26-20-10-5-4-7-17(20)15-24-26/h1-5,7-12,15-16H,6,13-14H2,(H,23,28). The van der Waals surface area contributed by atoms with Crippen molar-refractivity contribution in [2.75, 3.05) is 6.54 Å². The summed E-state index contributed by atoms with van der Waals surface area (Å²) >= 11 is 0. The number of aromatic nitrogens is 3. The van der Waals surface area contributed by atoms with Gasteiger partial charge in [-0.2, -0.15) is 5.10 Å². The van der Waals surface area contributed by atoms with Crippen LogP contribution in [0.1, 0.15) is 16.8 Å². The van der Waals surface area contributed by atoms with Crippen LogP contribution in [0.25, 0.3) is 16.6 Å². The molecule has 2 aromatic heterocycles. The van der Waals surface area contributed by atoms with Crippen LogP contribution in [0.2, 0.25) is 0 Å². The molecule has 4 rings (SSSR count). The van der Waals surface area contributed by atoms with Gasteiger partial charge in [-0.15, -0.1) is 0 Å². The number of hydrogen-bond acceptors (Lipinski definition) is 3. The summed E-state index contributed by atoms with van der Waals surface area (Å²) in [6.07, 6.45) is 4.18. The summed E-state index contributed by atoms with van der Waals surface area (Å²) in [5.74, 6) is -0.199. The van der Waals surface area contributed by atoms with Crippen LogP contribution >= 0.6 is 0 Å². The predicted octanol–water partition coefficient (Wildman–Crippen LogP) is 3.01. The Morgan fingerprint density at radius 3 is 2.61 bits per heavy atom. The summed E-state index contributed by atoms with van der Waals surface area (Å²) in [6, 6.07) is 20.3. The highest BCUT2D eigenvalue weighted by Gasteiger charge is 2.08. The molecule has 2 aromatic carbocycles. The first-order valence-corrected chi connectivity index (χ1v) is 9.19. The number of pyridine rings is 1. The number of fused-ring (bicyclic) bond motifs is 1. The van der Waals surface area contributed by atoms with E-state index in [-0.39, 0.29) is 11.5 Å². The number of carbonyl (C=O) groups is 1. The van der Waals surface area contributed by atoms with E-state index in [1.165, 1.54) is 10.6 Å². The van der Waals surface area contributed by atoms with Crippen molar-refractivity contribution < 1.29 is 4.79 Å². The average molecular weight is 372 g/mol. The molecule has 6 nitrogen and oxygen atoms in total. The minimum Gasteiger partial charge on any atom is -0.352 e. The largest absolute Gasteiger partial charge is 0.352 e. The summed E-state index contributed by atoms with van der Waals surface area (Å²) in [5.41, 5.74) is 2.10. The molecule has 0 radical (unpaired) electrons. The molecule has 0 spiro atoms. The predicted molar refractivity (Wildman–Crippen MR) is 109 cm³/mol. The highest BCUT2D eigenvalue weighted by atomic mass is 16.2. The summed E-state index contributed by atoms with van der Waals surface area (Å²) < 4.78 is 3.42. The van der Waals surface area contributed by atoms with E-state index >= 15 is 0 Å². The molecule has 2 heterocycles. The SMILES string of the molecule is O=C(NCCCn1ncc2ccccc21)c1ccc(=O)n(-c2ccccc2)c1. The minimum atomic E-state index is -0.199. The summed E-state index contributed by atoms with van der Waals surface area (Å²) in [5, 5.41) is 8.41. The molecular formula is C22H20N4O2. The van der Waals surface area contributed by atoms with Crippen LogP contribution in [0.4, 0.5) is 0 Å². The van der Waals surface area contributed by atoms with E-state index in [0.717, 1.165) is 29.6 Å². The number of aryl methyl sites for hydroxylation is 1. The molecule has 0 aliphatic carbocycles. The van der Waals surface area contributed by atoms with Crippen molar-refractivity contribution in [1.29, 1.82) is 0 Å². The lowest BCUT2D eigenvalue weighted by Gasteiger charge is -2.09. The summed E-state index contributed by atoms with van der Waals surface area (Å²) in [7, 11) is 0. The van der Waals surface area contributed by atoms with Gasteiger partial charge in [-0.25, -0.2) is 0 Å². The smallest absolute Gasteiger partial charge is 0.255 e. The van der Waals surface area contributed by atoms with Crippen LogP contribution in [0.3, 0.4) is 0 Å². The van der Waals surface area contributed by atoms with Crippen molar-refractivity contribution in [3.63, 3.8) is 0 Å². The molecule has 1 N–H and O–H groups in total. The molecular weight excluding hydrogens is 352 g/mol. The van der Waals surface area contributed by atoms with Gasteiger partial charge in [-0.1, -0.05) is 36.4 Å². The van der Waals surface area contributed by atoms with Crippen LogP contribution in [0.15, 0.2) is 83.9 Å². The van der Waals surface area contributed by atoms with Crippen LogP contribution in [-0.4, -0.2) is 26.8 Å². The zero-order valence-electron chi connectivity index (χ0n) is 15.3. The van der Waals surface area contributed by atoms with Crippen molar-refractivity contribution in [2.45, 2.75) is 13.0 Å². The van der Waals surface area contributed by atoms with Crippen LogP contribution in [0.5, 0.6) is 0 Å². The number of nitrogens with one attached hydrogen (secondary N) is 1. The summed E-state index contributed by atoms with van der Waals surface area (Å²) in [6.45, 7) is 1.24. The molecule has 0 aliphatic heterocycles. The van der Waals surface area contributed by atoms with Crippen LogP contribution in [-0.2, 0) is 6.54 Å². The normalized spacial score (nSPS) is 10.9. The number of benzene rings is 2. The Hall–Kier alpha value is -3.67. The Morgan fingerprint density at radius 1 is 0.964 bits per heavy atom. The topological polar surface area (TPSA) is 68.9 Å². The first-order valence-electron chi connectivity index (χ1n) is 9.19. The second-order valence-electron chi connectivity index (χ2n) is 6.50. The van der Waals surface area contributed by atoms with Gasteiger partial charge in [-0.3, -0.25) is 18.8 Å². The lowest BCUT2D eigenvalue weighted by Crippen LogP contribution is -2.27. The van der Waals surface area contributed by atoms with Crippen molar-refractivity contribution in [3.8, 4) is 5.69 Å². The van der Waals surface area contributed by atoms with Crippen molar-refractivity contribution >= 4 is 16.8 Å². The van der Waals surface area contributed by atoms with Gasteiger partial charge in [-0.05, 0) is 30.7 Å². The molecule has 0 aliphatic rings. The molecule has 0 saturated carbocycles. The van der Waals surface area contributed by atoms with Gasteiger partial charge >= 0.3 is 0 Å². The highest BCUT2D eigenvalue weighted by molar-refractivity contribution is 5.93. The lowest BCUT2D eigenvalue weighted by molar-refractivity contribution is 0.0952. The molecule has 0 saturated heterocycles. The lowest BCUT2D eigenvalue weighted by atomic mass is 10.2. The third kappa shape index (κ3) is 3.71. The minimum absolute atomic E-state index is 0.173. The quantitative estimate of drug-likeness (QED) is 0.529. The van der Waals surface area contributed by atoms with Gasteiger partial charge in [0.05, 0.1) is 17.3 Å². The zero-order valence-corrected chi connectivity index (χ0v) is 15.3. The average Bonchev–Trinajstić information content (AvgIpc) is 3.15. The third-order valence-corrected chi connectivity index (χ3v) is 4.59. The van der Waals surface area contributed by atoms with Crippen molar-refractivity contribution in [2.24, 2.45) is 0 Å². The highest BCUT2D eigenvalue weighted by Crippen LogP contribution is 2.12. The Morgan fingerprint density at radius 2 is 1.75 bits per heavy atom. The van der Waals surface area contributed by atoms with Crippen LogP contribution < -0.4 is 10.9 Å². The summed E-state index contributed by atoms with van der Waals surface area (Å²) in [4.78, 5) is 24.6. The molecule has 0 bridgehead atoms. The number of nitrogens with zero attached hydrogens (tertiary/aromatic N) is 3. The van der Waals surface area contributed by atoms with Crippen LogP contribution in [0, 0.1) is 0 Å². The van der Waals surface area contributed by atoms with Gasteiger partial charge in [0, 0.05) is 36.4 Å². The number of rotatable bonds is 6. The maximum absolute atomic E-state index is 12.5. The number of carbonyl (C=O) groups excluding carboxylic acids is 1. The van der Waals surface area contributed by atoms with E-state index in [9.17, 15) is 9.59 Å². The fraction of sp³-hybridized carbons (Fsp3) is 0.136. The molecule has 28 heavy (non-hydrogen) atoms. The van der Waals surface area contributed by atoms with E-state index in [1.54, 1.807) is 12.3 Å². The maximum atomic E-state index is 12.5. The van der Waals surface area contributed by atoms with Gasteiger partial charge in [0.1, 0.15) is 0 Å². The molecule has 4 aromatic rings. The van der Waals surface area contributed by atoms with Crippen molar-refractivity contribution in [3.05, 3.63) is 95.0 Å². The first kappa shape index (κ1) is 17.7. The Bertz CT molecular complexity index is 1160. The number of amides is 1. The molecule has 0 fully saturated rings. The second kappa shape index (κ2) is 7.92. The Balaban J connectivity index is 1.38. The number of hydrogen-bond donors (Lipinski definition) is 1. The molecule has 0 atom stereocenters. The van der Waals surface area contributed by atoms with E-state index in [1.807, 2.05) is 65.5 Å².